The Morgan fingerprint density at radius 1 is 1.08 bits per heavy atom. The van der Waals surface area contributed by atoms with Gasteiger partial charge in [0, 0.05) is 16.1 Å². The van der Waals surface area contributed by atoms with E-state index in [0.717, 1.165) is 10.8 Å². The van der Waals surface area contributed by atoms with Crippen molar-refractivity contribution in [2.24, 2.45) is 0 Å². The first-order chi connectivity index (χ1) is 11.1. The van der Waals surface area contributed by atoms with Gasteiger partial charge in [-0.1, -0.05) is 81.9 Å². The number of phenolic OH excluding ortho intramolecular Hbond substituents is 1. The third kappa shape index (κ3) is 2.82. The molecule has 1 unspecified atom stereocenters. The standard InChI is InChI=1S/C21H25ClOSi/c1-21(2,3)17-12-15(22)13-19(20(17)23)24(4,5)18-11-10-14-8-6-7-9-16(14)18/h6-13,18,23H,1-5H3. The number of fused-ring (bicyclic) bond motifs is 1. The van der Waals surface area contributed by atoms with E-state index in [1.54, 1.807) is 0 Å². The second-order valence-electron chi connectivity index (χ2n) is 8.29. The highest BCUT2D eigenvalue weighted by Gasteiger charge is 2.39. The molecule has 126 valence electrons. The smallest absolute Gasteiger partial charge is 0.118 e. The van der Waals surface area contributed by atoms with Crippen LogP contribution in [-0.4, -0.2) is 13.2 Å². The van der Waals surface area contributed by atoms with Crippen LogP contribution in [0.4, 0.5) is 0 Å². The molecule has 2 aromatic rings. The minimum Gasteiger partial charge on any atom is -0.508 e. The Kier molecular flexibility index (Phi) is 4.17. The van der Waals surface area contributed by atoms with Gasteiger partial charge in [-0.25, -0.2) is 0 Å². The number of rotatable bonds is 2. The zero-order valence-corrected chi connectivity index (χ0v) is 16.8. The van der Waals surface area contributed by atoms with Gasteiger partial charge in [-0.3, -0.25) is 0 Å². The quantitative estimate of drug-likeness (QED) is 0.693. The third-order valence-electron chi connectivity index (χ3n) is 5.15. The lowest BCUT2D eigenvalue weighted by molar-refractivity contribution is 0.450. The molecule has 0 radical (unpaired) electrons. The highest BCUT2D eigenvalue weighted by atomic mass is 35.5. The molecule has 1 aliphatic rings. The number of phenols is 1. The van der Waals surface area contributed by atoms with Crippen molar-refractivity contribution in [1.29, 1.82) is 0 Å². The fourth-order valence-electron chi connectivity index (χ4n) is 3.71. The molecule has 1 nitrogen and oxygen atoms in total. The van der Waals surface area contributed by atoms with Crippen molar-refractivity contribution in [1.82, 2.24) is 0 Å². The highest BCUT2D eigenvalue weighted by Crippen LogP contribution is 2.40. The number of halogens is 1. The minimum absolute atomic E-state index is 0.141. The van der Waals surface area contributed by atoms with Gasteiger partial charge < -0.3 is 5.11 Å². The molecule has 0 amide bonds. The highest BCUT2D eigenvalue weighted by molar-refractivity contribution is 6.92. The molecule has 0 aliphatic heterocycles. The normalized spacial score (nSPS) is 17.2. The van der Waals surface area contributed by atoms with E-state index in [1.807, 2.05) is 12.1 Å². The summed E-state index contributed by atoms with van der Waals surface area (Å²) in [5.74, 6) is 0.432. The zero-order valence-electron chi connectivity index (χ0n) is 15.0. The first-order valence-corrected chi connectivity index (χ1v) is 11.9. The van der Waals surface area contributed by atoms with Crippen molar-refractivity contribution in [3.05, 3.63) is 64.2 Å². The monoisotopic (exact) mass is 356 g/mol. The predicted octanol–water partition coefficient (Wildman–Crippen LogP) is 5.61. The molecule has 0 bridgehead atoms. The SMILES string of the molecule is CC(C)(C)c1cc(Cl)cc([Si](C)(C)C2C=Cc3ccccc32)c1O. The van der Waals surface area contributed by atoms with Crippen LogP contribution in [0.25, 0.3) is 6.08 Å². The molecule has 2 aromatic carbocycles. The largest absolute Gasteiger partial charge is 0.508 e. The van der Waals surface area contributed by atoms with Gasteiger partial charge in [0.25, 0.3) is 0 Å². The molecule has 1 aliphatic carbocycles. The van der Waals surface area contributed by atoms with Crippen LogP contribution >= 0.6 is 11.6 Å². The lowest BCUT2D eigenvalue weighted by atomic mass is 9.86. The van der Waals surface area contributed by atoms with Crippen LogP contribution in [0.5, 0.6) is 5.75 Å². The van der Waals surface area contributed by atoms with E-state index in [4.69, 9.17) is 11.6 Å². The maximum Gasteiger partial charge on any atom is 0.118 e. The van der Waals surface area contributed by atoms with E-state index in [9.17, 15) is 5.11 Å². The Morgan fingerprint density at radius 2 is 1.75 bits per heavy atom. The zero-order chi connectivity index (χ0) is 17.7. The summed E-state index contributed by atoms with van der Waals surface area (Å²) < 4.78 is 0. The molecule has 0 saturated heterocycles. The van der Waals surface area contributed by atoms with Crippen LogP contribution in [0.2, 0.25) is 18.1 Å². The Balaban J connectivity index is 2.15. The van der Waals surface area contributed by atoms with Crippen molar-refractivity contribution in [3.63, 3.8) is 0 Å². The van der Waals surface area contributed by atoms with Crippen molar-refractivity contribution < 1.29 is 5.11 Å². The number of allylic oxidation sites excluding steroid dienone is 1. The maximum absolute atomic E-state index is 11.0. The lowest BCUT2D eigenvalue weighted by Gasteiger charge is -2.33. The molecule has 3 rings (SSSR count). The summed E-state index contributed by atoms with van der Waals surface area (Å²) >= 11 is 6.43. The molecule has 3 heteroatoms. The molecule has 1 atom stereocenters. The molecule has 1 N–H and O–H groups in total. The summed E-state index contributed by atoms with van der Waals surface area (Å²) in [5.41, 5.74) is 3.80. The van der Waals surface area contributed by atoms with E-state index in [2.05, 4.69) is 70.3 Å². The molecule has 0 heterocycles. The van der Waals surface area contributed by atoms with Crippen molar-refractivity contribution in [2.45, 2.75) is 44.8 Å². The average molecular weight is 357 g/mol. The van der Waals surface area contributed by atoms with Gasteiger partial charge in [0.05, 0.1) is 8.07 Å². The van der Waals surface area contributed by atoms with Crippen molar-refractivity contribution >= 4 is 30.9 Å². The second kappa shape index (κ2) is 5.78. The number of aromatic hydroxyl groups is 1. The molecule has 0 spiro atoms. The van der Waals surface area contributed by atoms with Gasteiger partial charge in [-0.2, -0.15) is 0 Å². The van der Waals surface area contributed by atoms with E-state index >= 15 is 0 Å². The Labute approximate surface area is 151 Å². The summed E-state index contributed by atoms with van der Waals surface area (Å²) in [6.45, 7) is 11.0. The Bertz CT molecular complexity index is 815. The number of hydrogen-bond donors (Lipinski definition) is 1. The molecular formula is C21H25ClOSi. The average Bonchev–Trinajstić information content (AvgIpc) is 2.92. The fourth-order valence-corrected chi connectivity index (χ4v) is 7.24. The fraction of sp³-hybridized carbons (Fsp3) is 0.333. The molecule has 0 saturated carbocycles. The first kappa shape index (κ1) is 17.3. The number of benzene rings is 2. The van der Waals surface area contributed by atoms with Gasteiger partial charge in [0.1, 0.15) is 5.75 Å². The lowest BCUT2D eigenvalue weighted by Crippen LogP contribution is -2.47. The molecule has 24 heavy (non-hydrogen) atoms. The summed E-state index contributed by atoms with van der Waals surface area (Å²) in [5, 5.41) is 12.8. The summed E-state index contributed by atoms with van der Waals surface area (Å²) in [4.78, 5) is 0. The van der Waals surface area contributed by atoms with Gasteiger partial charge in [-0.15, -0.1) is 0 Å². The van der Waals surface area contributed by atoms with Crippen LogP contribution in [0, 0.1) is 0 Å². The van der Waals surface area contributed by atoms with E-state index in [1.165, 1.54) is 11.1 Å². The second-order valence-corrected chi connectivity index (χ2v) is 13.3. The van der Waals surface area contributed by atoms with Crippen LogP contribution in [0.15, 0.2) is 42.5 Å². The predicted molar refractivity (Wildman–Crippen MR) is 107 cm³/mol. The van der Waals surface area contributed by atoms with E-state index in [0.29, 0.717) is 16.3 Å². The van der Waals surface area contributed by atoms with Crippen LogP contribution < -0.4 is 5.19 Å². The summed E-state index contributed by atoms with van der Waals surface area (Å²) in [6, 6.07) is 12.4. The molecule has 0 aromatic heterocycles. The van der Waals surface area contributed by atoms with Crippen LogP contribution in [0.3, 0.4) is 0 Å². The topological polar surface area (TPSA) is 20.2 Å². The van der Waals surface area contributed by atoms with Gasteiger partial charge in [-0.05, 0) is 33.9 Å². The van der Waals surface area contributed by atoms with Crippen molar-refractivity contribution in [2.75, 3.05) is 0 Å². The van der Waals surface area contributed by atoms with Gasteiger partial charge >= 0.3 is 0 Å². The van der Waals surface area contributed by atoms with Gasteiger partial charge in [0.2, 0.25) is 0 Å². The molecular weight excluding hydrogens is 332 g/mol. The Morgan fingerprint density at radius 3 is 2.42 bits per heavy atom. The van der Waals surface area contributed by atoms with Crippen LogP contribution in [-0.2, 0) is 5.41 Å². The number of hydrogen-bond acceptors (Lipinski definition) is 1. The van der Waals surface area contributed by atoms with E-state index in [-0.39, 0.29) is 5.41 Å². The third-order valence-corrected chi connectivity index (χ3v) is 9.20. The Hall–Kier alpha value is -1.51. The minimum atomic E-state index is -2.00. The van der Waals surface area contributed by atoms with Crippen LogP contribution in [0.1, 0.15) is 43.0 Å². The van der Waals surface area contributed by atoms with Gasteiger partial charge in [0.15, 0.2) is 0 Å². The first-order valence-electron chi connectivity index (χ1n) is 8.43. The molecule has 0 fully saturated rings. The van der Waals surface area contributed by atoms with Crippen molar-refractivity contribution in [3.8, 4) is 5.75 Å². The maximum atomic E-state index is 11.0. The van der Waals surface area contributed by atoms with E-state index < -0.39 is 8.07 Å². The summed E-state index contributed by atoms with van der Waals surface area (Å²) in [7, 11) is -2.00. The summed E-state index contributed by atoms with van der Waals surface area (Å²) in [6.07, 6.45) is 4.51.